The number of nitrogens with zero attached hydrogens (tertiary/aromatic N) is 2. The zero-order valence-corrected chi connectivity index (χ0v) is 21.4. The van der Waals surface area contributed by atoms with E-state index >= 15 is 0 Å². The van der Waals surface area contributed by atoms with Crippen molar-refractivity contribution >= 4 is 41.0 Å². The number of nitro benzene ring substituents is 1. The Bertz CT molecular complexity index is 1420. The lowest BCUT2D eigenvalue weighted by atomic mass is 10.2. The number of methoxy groups -OCH3 is 1. The van der Waals surface area contributed by atoms with Gasteiger partial charge in [-0.3, -0.25) is 14.9 Å². The molecule has 3 aromatic carbocycles. The van der Waals surface area contributed by atoms with E-state index in [-0.39, 0.29) is 28.0 Å². The van der Waals surface area contributed by atoms with Crippen LogP contribution in [0.15, 0.2) is 66.3 Å². The topological polar surface area (TPSA) is 112 Å². The van der Waals surface area contributed by atoms with Crippen LogP contribution in [0.5, 0.6) is 23.0 Å². The van der Waals surface area contributed by atoms with Gasteiger partial charge in [-0.05, 0) is 48.0 Å². The molecule has 3 aromatic rings. The molecule has 0 atom stereocenters. The van der Waals surface area contributed by atoms with E-state index in [0.717, 1.165) is 6.07 Å². The highest BCUT2D eigenvalue weighted by Crippen LogP contribution is 2.42. The fourth-order valence-electron chi connectivity index (χ4n) is 3.09. The monoisotopic (exact) mass is 583 g/mol. The van der Waals surface area contributed by atoms with Gasteiger partial charge in [-0.25, -0.2) is 5.43 Å². The van der Waals surface area contributed by atoms with Gasteiger partial charge >= 0.3 is 11.9 Å². The Morgan fingerprint density at radius 3 is 2.36 bits per heavy atom. The molecule has 0 aliphatic carbocycles. The first-order valence-corrected chi connectivity index (χ1v) is 11.5. The van der Waals surface area contributed by atoms with E-state index in [0.29, 0.717) is 29.2 Å². The van der Waals surface area contributed by atoms with E-state index in [2.05, 4.69) is 17.1 Å². The van der Waals surface area contributed by atoms with Crippen LogP contribution in [-0.2, 0) is 6.18 Å². The molecule has 0 spiro atoms. The van der Waals surface area contributed by atoms with E-state index in [4.69, 9.17) is 37.4 Å². The second-order valence-electron chi connectivity index (χ2n) is 7.52. The maximum absolute atomic E-state index is 12.9. The Morgan fingerprint density at radius 2 is 1.77 bits per heavy atom. The smallest absolute Gasteiger partial charge is 0.416 e. The second-order valence-corrected chi connectivity index (χ2v) is 8.33. The third-order valence-electron chi connectivity index (χ3n) is 4.88. The third kappa shape index (κ3) is 7.39. The standard InChI is InChI=1S/C25H18Cl2F3N3O6/c1-3-8-38-21-6-4-15(11-22(21)37-2)24(34)32-31-13-14-9-17(26)23(18(27)10-14)39-20-7-5-16(25(28,29)30)12-19(20)33(35)36/h3-7,9-13H,1,8H2,2H3,(H,32,34)/b31-13+. The van der Waals surface area contributed by atoms with Gasteiger partial charge < -0.3 is 14.2 Å². The average Bonchev–Trinajstić information content (AvgIpc) is 2.88. The minimum Gasteiger partial charge on any atom is -0.493 e. The molecule has 0 saturated heterocycles. The number of carbonyl (C=O) groups excluding carboxylic acids is 1. The Labute approximate surface area is 229 Å². The Kier molecular flexibility index (Phi) is 9.38. The number of rotatable bonds is 10. The lowest BCUT2D eigenvalue weighted by molar-refractivity contribution is -0.385. The van der Waals surface area contributed by atoms with Gasteiger partial charge in [0, 0.05) is 11.6 Å². The number of hydrogen-bond acceptors (Lipinski definition) is 7. The molecular weight excluding hydrogens is 566 g/mol. The highest BCUT2D eigenvalue weighted by atomic mass is 35.5. The Hall–Kier alpha value is -4.29. The molecule has 1 N–H and O–H groups in total. The number of halogens is 5. The van der Waals surface area contributed by atoms with Crippen molar-refractivity contribution < 1.29 is 37.1 Å². The van der Waals surface area contributed by atoms with Crippen molar-refractivity contribution in [3.05, 3.63) is 98.0 Å². The fourth-order valence-corrected chi connectivity index (χ4v) is 3.67. The van der Waals surface area contributed by atoms with Crippen molar-refractivity contribution in [2.45, 2.75) is 6.18 Å². The van der Waals surface area contributed by atoms with Crippen molar-refractivity contribution in [2.75, 3.05) is 13.7 Å². The summed E-state index contributed by atoms with van der Waals surface area (Å²) in [6, 6.07) is 8.94. The number of benzene rings is 3. The summed E-state index contributed by atoms with van der Waals surface area (Å²) < 4.78 is 54.9. The third-order valence-corrected chi connectivity index (χ3v) is 5.44. The van der Waals surface area contributed by atoms with Crippen molar-refractivity contribution in [2.24, 2.45) is 5.10 Å². The van der Waals surface area contributed by atoms with Crippen molar-refractivity contribution in [1.82, 2.24) is 5.43 Å². The normalized spacial score (nSPS) is 11.2. The lowest BCUT2D eigenvalue weighted by Gasteiger charge is -2.12. The second kappa shape index (κ2) is 12.5. The van der Waals surface area contributed by atoms with Crippen LogP contribution < -0.4 is 19.6 Å². The summed E-state index contributed by atoms with van der Waals surface area (Å²) in [6.45, 7) is 3.81. The van der Waals surface area contributed by atoms with Crippen LogP contribution in [0, 0.1) is 10.1 Å². The summed E-state index contributed by atoms with van der Waals surface area (Å²) >= 11 is 12.4. The van der Waals surface area contributed by atoms with Gasteiger partial charge in [0.15, 0.2) is 17.2 Å². The van der Waals surface area contributed by atoms with Gasteiger partial charge in [0.1, 0.15) is 6.61 Å². The molecule has 9 nitrogen and oxygen atoms in total. The van der Waals surface area contributed by atoms with Gasteiger partial charge in [-0.15, -0.1) is 0 Å². The van der Waals surface area contributed by atoms with Crippen LogP contribution in [0.1, 0.15) is 21.5 Å². The number of alkyl halides is 3. The average molecular weight is 584 g/mol. The van der Waals surface area contributed by atoms with Crippen LogP contribution in [-0.4, -0.2) is 30.8 Å². The molecule has 39 heavy (non-hydrogen) atoms. The van der Waals surface area contributed by atoms with Crippen LogP contribution in [0.4, 0.5) is 18.9 Å². The number of ether oxygens (including phenoxy) is 3. The fraction of sp³-hybridized carbons (Fsp3) is 0.120. The summed E-state index contributed by atoms with van der Waals surface area (Å²) in [6.07, 6.45) is -2.01. The Morgan fingerprint density at radius 1 is 1.10 bits per heavy atom. The van der Waals surface area contributed by atoms with E-state index < -0.39 is 34.0 Å². The van der Waals surface area contributed by atoms with E-state index in [1.54, 1.807) is 12.1 Å². The van der Waals surface area contributed by atoms with Gasteiger partial charge in [0.2, 0.25) is 5.75 Å². The van der Waals surface area contributed by atoms with Crippen LogP contribution in [0.25, 0.3) is 0 Å². The zero-order chi connectivity index (χ0) is 28.7. The minimum absolute atomic E-state index is 0.121. The van der Waals surface area contributed by atoms with Crippen LogP contribution in [0.3, 0.4) is 0 Å². The maximum Gasteiger partial charge on any atom is 0.416 e. The molecule has 14 heteroatoms. The summed E-state index contributed by atoms with van der Waals surface area (Å²) in [4.78, 5) is 22.7. The van der Waals surface area contributed by atoms with E-state index in [1.165, 1.54) is 37.6 Å². The van der Waals surface area contributed by atoms with Gasteiger partial charge in [0.05, 0.1) is 33.9 Å². The molecule has 0 aliphatic heterocycles. The molecular formula is C25H18Cl2F3N3O6. The molecule has 0 radical (unpaired) electrons. The molecule has 0 bridgehead atoms. The first-order valence-electron chi connectivity index (χ1n) is 10.7. The largest absolute Gasteiger partial charge is 0.493 e. The predicted octanol–water partition coefficient (Wildman–Crippen LogP) is 7.05. The van der Waals surface area contributed by atoms with Crippen molar-refractivity contribution in [1.29, 1.82) is 0 Å². The molecule has 0 fully saturated rings. The molecule has 0 unspecified atom stereocenters. The summed E-state index contributed by atoms with van der Waals surface area (Å²) in [5.74, 6) is -0.539. The maximum atomic E-state index is 12.9. The van der Waals surface area contributed by atoms with Crippen LogP contribution in [0.2, 0.25) is 10.0 Å². The van der Waals surface area contributed by atoms with Gasteiger partial charge in [0.25, 0.3) is 5.91 Å². The first kappa shape index (κ1) is 29.3. The molecule has 0 saturated carbocycles. The quantitative estimate of drug-likeness (QED) is 0.118. The minimum atomic E-state index is -4.79. The summed E-state index contributed by atoms with van der Waals surface area (Å²) in [7, 11) is 1.42. The van der Waals surface area contributed by atoms with Gasteiger partial charge in [-0.2, -0.15) is 18.3 Å². The van der Waals surface area contributed by atoms with E-state index in [1.807, 2.05) is 0 Å². The number of hydrogen-bond donors (Lipinski definition) is 1. The van der Waals surface area contributed by atoms with Crippen molar-refractivity contribution in [3.63, 3.8) is 0 Å². The Balaban J connectivity index is 1.76. The number of carbonyl (C=O) groups is 1. The molecule has 1 amide bonds. The predicted molar refractivity (Wildman–Crippen MR) is 138 cm³/mol. The number of nitrogens with one attached hydrogen (secondary N) is 1. The highest BCUT2D eigenvalue weighted by molar-refractivity contribution is 6.37. The molecule has 0 heterocycles. The molecule has 204 valence electrons. The van der Waals surface area contributed by atoms with Crippen molar-refractivity contribution in [3.8, 4) is 23.0 Å². The van der Waals surface area contributed by atoms with E-state index in [9.17, 15) is 28.1 Å². The molecule has 0 aliphatic rings. The summed E-state index contributed by atoms with van der Waals surface area (Å²) in [5.41, 5.74) is 0.718. The van der Waals surface area contributed by atoms with Gasteiger partial charge in [-0.1, -0.05) is 35.9 Å². The zero-order valence-electron chi connectivity index (χ0n) is 19.9. The molecule has 3 rings (SSSR count). The number of amides is 1. The first-order chi connectivity index (χ1) is 18.4. The highest BCUT2D eigenvalue weighted by Gasteiger charge is 2.33. The number of hydrazone groups is 1. The molecule has 0 aromatic heterocycles. The lowest BCUT2D eigenvalue weighted by Crippen LogP contribution is -2.17. The SMILES string of the molecule is C=CCOc1ccc(C(=O)N/N=C/c2cc(Cl)c(Oc3ccc(C(F)(F)F)cc3[N+](=O)[O-])c(Cl)c2)cc1OC. The van der Waals surface area contributed by atoms with Crippen LogP contribution >= 0.6 is 23.2 Å². The number of nitro groups is 1. The summed E-state index contributed by atoms with van der Waals surface area (Å²) in [5, 5.41) is 14.9.